The number of aliphatic hydroxyl groups is 2. The average Bonchev–Trinajstić information content (AvgIpc) is 2.52. The summed E-state index contributed by atoms with van der Waals surface area (Å²) < 4.78 is 0. The van der Waals surface area contributed by atoms with Gasteiger partial charge in [0.2, 0.25) is 5.91 Å². The number of hydrogen-bond donors (Lipinski definition) is 4. The molecule has 0 saturated carbocycles. The van der Waals surface area contributed by atoms with Gasteiger partial charge in [0.05, 0.1) is 0 Å². The lowest BCUT2D eigenvalue weighted by atomic mass is 9.88. The fourth-order valence-corrected chi connectivity index (χ4v) is 2.04. The highest BCUT2D eigenvalue weighted by atomic mass is 16.5. The van der Waals surface area contributed by atoms with Gasteiger partial charge in [0.1, 0.15) is 5.54 Å². The fraction of sp³-hybridized carbons (Fsp3) is 1.00. The highest BCUT2D eigenvalue weighted by Crippen LogP contribution is 2.29. The van der Waals surface area contributed by atoms with Gasteiger partial charge < -0.3 is 15.9 Å². The molecule has 0 aromatic heterocycles. The first kappa shape index (κ1) is 11.9. The van der Waals surface area contributed by atoms with Crippen molar-refractivity contribution in [3.8, 4) is 0 Å². The summed E-state index contributed by atoms with van der Waals surface area (Å²) in [5.74, 6) is -2.26. The quantitative estimate of drug-likeness (QED) is 0.431. The third kappa shape index (κ3) is 1.78. The standard InChI is InChI=1S/C9H21N3O2/c1-7(10)8(2,9(11,13)14)12-5-3-4-6-12/h7,13-14H,3-6,10-11H2,1-2H3. The maximum Gasteiger partial charge on any atom is 0.240 e. The molecule has 0 aliphatic carbocycles. The molecule has 1 aliphatic rings. The van der Waals surface area contributed by atoms with E-state index >= 15 is 0 Å². The Balaban J connectivity index is 2.91. The molecule has 1 fully saturated rings. The second kappa shape index (κ2) is 3.75. The lowest BCUT2D eigenvalue weighted by Crippen LogP contribution is -2.73. The largest absolute Gasteiger partial charge is 0.352 e. The van der Waals surface area contributed by atoms with Gasteiger partial charge >= 0.3 is 0 Å². The van der Waals surface area contributed by atoms with E-state index in [0.29, 0.717) is 0 Å². The third-order valence-corrected chi connectivity index (χ3v) is 3.39. The molecule has 2 unspecified atom stereocenters. The molecular formula is C9H21N3O2. The minimum atomic E-state index is -2.26. The van der Waals surface area contributed by atoms with Gasteiger partial charge in [0.15, 0.2) is 0 Å². The van der Waals surface area contributed by atoms with Crippen molar-refractivity contribution in [1.29, 1.82) is 0 Å². The summed E-state index contributed by atoms with van der Waals surface area (Å²) in [6.07, 6.45) is 2.11. The average molecular weight is 203 g/mol. The maximum atomic E-state index is 9.58. The van der Waals surface area contributed by atoms with E-state index in [1.165, 1.54) is 0 Å². The first-order valence-electron chi connectivity index (χ1n) is 5.04. The summed E-state index contributed by atoms with van der Waals surface area (Å²) in [5, 5.41) is 19.2. The van der Waals surface area contributed by atoms with Crippen molar-refractivity contribution in [3.63, 3.8) is 0 Å². The summed E-state index contributed by atoms with van der Waals surface area (Å²) in [5.41, 5.74) is 10.2. The highest BCUT2D eigenvalue weighted by molar-refractivity contribution is 5.02. The molecule has 1 saturated heterocycles. The highest BCUT2D eigenvalue weighted by Gasteiger charge is 2.51. The predicted octanol–water partition coefficient (Wildman–Crippen LogP) is -1.21. The Morgan fingerprint density at radius 3 is 2.00 bits per heavy atom. The number of nitrogens with zero attached hydrogens (tertiary/aromatic N) is 1. The van der Waals surface area contributed by atoms with Crippen LogP contribution in [-0.4, -0.2) is 45.7 Å². The Bertz CT molecular complexity index is 197. The molecule has 1 aliphatic heterocycles. The summed E-state index contributed by atoms with van der Waals surface area (Å²) in [7, 11) is 0. The van der Waals surface area contributed by atoms with Crippen molar-refractivity contribution in [1.82, 2.24) is 4.90 Å². The Morgan fingerprint density at radius 2 is 1.71 bits per heavy atom. The second-order valence-corrected chi connectivity index (χ2v) is 4.36. The van der Waals surface area contributed by atoms with E-state index in [0.717, 1.165) is 25.9 Å². The van der Waals surface area contributed by atoms with E-state index in [4.69, 9.17) is 11.5 Å². The molecule has 0 bridgehead atoms. The molecule has 5 nitrogen and oxygen atoms in total. The van der Waals surface area contributed by atoms with Crippen molar-refractivity contribution in [2.75, 3.05) is 13.1 Å². The number of hydrogen-bond acceptors (Lipinski definition) is 5. The molecule has 6 N–H and O–H groups in total. The molecule has 14 heavy (non-hydrogen) atoms. The molecule has 84 valence electrons. The van der Waals surface area contributed by atoms with Crippen LogP contribution < -0.4 is 11.5 Å². The number of nitrogens with two attached hydrogens (primary N) is 2. The van der Waals surface area contributed by atoms with Crippen LogP contribution in [0.1, 0.15) is 26.7 Å². The molecule has 0 amide bonds. The predicted molar refractivity (Wildman–Crippen MR) is 54.2 cm³/mol. The number of likely N-dealkylation sites (tertiary alicyclic amines) is 1. The number of rotatable bonds is 3. The van der Waals surface area contributed by atoms with Crippen LogP contribution in [0.3, 0.4) is 0 Å². The third-order valence-electron chi connectivity index (χ3n) is 3.39. The van der Waals surface area contributed by atoms with Crippen LogP contribution in [0.15, 0.2) is 0 Å². The lowest BCUT2D eigenvalue weighted by Gasteiger charge is -2.47. The van der Waals surface area contributed by atoms with Crippen LogP contribution in [0.5, 0.6) is 0 Å². The molecule has 0 spiro atoms. The first-order chi connectivity index (χ1) is 6.30. The van der Waals surface area contributed by atoms with E-state index in [1.54, 1.807) is 13.8 Å². The topological polar surface area (TPSA) is 95.7 Å². The van der Waals surface area contributed by atoms with Gasteiger partial charge in [-0.05, 0) is 39.8 Å². The molecule has 0 aromatic rings. The zero-order valence-corrected chi connectivity index (χ0v) is 8.90. The summed E-state index contributed by atoms with van der Waals surface area (Å²) in [4.78, 5) is 1.96. The van der Waals surface area contributed by atoms with Crippen molar-refractivity contribution in [2.24, 2.45) is 11.5 Å². The Morgan fingerprint density at radius 1 is 1.29 bits per heavy atom. The normalized spacial score (nSPS) is 26.1. The van der Waals surface area contributed by atoms with Crippen LogP contribution in [0, 0.1) is 0 Å². The van der Waals surface area contributed by atoms with Gasteiger partial charge in [0.25, 0.3) is 0 Å². The molecule has 1 rings (SSSR count). The molecule has 0 radical (unpaired) electrons. The van der Waals surface area contributed by atoms with E-state index in [9.17, 15) is 10.2 Å². The van der Waals surface area contributed by atoms with Gasteiger partial charge in [0, 0.05) is 6.04 Å². The molecule has 0 aromatic carbocycles. The maximum absolute atomic E-state index is 9.58. The lowest BCUT2D eigenvalue weighted by molar-refractivity contribution is -0.243. The van der Waals surface area contributed by atoms with Crippen molar-refractivity contribution < 1.29 is 10.2 Å². The Labute approximate surface area is 84.7 Å². The van der Waals surface area contributed by atoms with Crippen LogP contribution in [0.2, 0.25) is 0 Å². The zero-order chi connectivity index (χ0) is 11.0. The monoisotopic (exact) mass is 203 g/mol. The fourth-order valence-electron chi connectivity index (χ4n) is 2.04. The Kier molecular flexibility index (Phi) is 3.18. The summed E-state index contributed by atoms with van der Waals surface area (Å²) >= 11 is 0. The first-order valence-corrected chi connectivity index (χ1v) is 5.04. The second-order valence-electron chi connectivity index (χ2n) is 4.36. The SMILES string of the molecule is CC(N)C(C)(N1CCCC1)C(N)(O)O. The van der Waals surface area contributed by atoms with E-state index in [2.05, 4.69) is 0 Å². The van der Waals surface area contributed by atoms with Crippen LogP contribution in [0.25, 0.3) is 0 Å². The van der Waals surface area contributed by atoms with Crippen LogP contribution in [0.4, 0.5) is 0 Å². The van der Waals surface area contributed by atoms with Gasteiger partial charge in [-0.3, -0.25) is 10.6 Å². The van der Waals surface area contributed by atoms with Crippen LogP contribution in [-0.2, 0) is 0 Å². The van der Waals surface area contributed by atoms with Gasteiger partial charge in [-0.2, -0.15) is 0 Å². The molecule has 5 heteroatoms. The van der Waals surface area contributed by atoms with E-state index in [-0.39, 0.29) is 0 Å². The van der Waals surface area contributed by atoms with Crippen LogP contribution >= 0.6 is 0 Å². The smallest absolute Gasteiger partial charge is 0.240 e. The van der Waals surface area contributed by atoms with Gasteiger partial charge in [-0.25, -0.2) is 0 Å². The van der Waals surface area contributed by atoms with Crippen molar-refractivity contribution in [2.45, 2.75) is 44.2 Å². The van der Waals surface area contributed by atoms with E-state index in [1.807, 2.05) is 4.90 Å². The zero-order valence-electron chi connectivity index (χ0n) is 8.90. The van der Waals surface area contributed by atoms with Crippen molar-refractivity contribution >= 4 is 0 Å². The van der Waals surface area contributed by atoms with E-state index < -0.39 is 17.5 Å². The minimum absolute atomic E-state index is 0.402. The molecular weight excluding hydrogens is 182 g/mol. The minimum Gasteiger partial charge on any atom is -0.352 e. The molecule has 1 heterocycles. The van der Waals surface area contributed by atoms with Gasteiger partial charge in [-0.1, -0.05) is 0 Å². The molecule has 2 atom stereocenters. The Hall–Kier alpha value is -0.200. The summed E-state index contributed by atoms with van der Waals surface area (Å²) in [6.45, 7) is 5.07. The van der Waals surface area contributed by atoms with Gasteiger partial charge in [-0.15, -0.1) is 0 Å². The van der Waals surface area contributed by atoms with Crippen molar-refractivity contribution in [3.05, 3.63) is 0 Å². The summed E-state index contributed by atoms with van der Waals surface area (Å²) in [6, 6.07) is -0.402.